The van der Waals surface area contributed by atoms with E-state index < -0.39 is 11.9 Å². The van der Waals surface area contributed by atoms with Crippen molar-refractivity contribution in [1.82, 2.24) is 0 Å². The first kappa shape index (κ1) is 28.6. The molecule has 0 aliphatic heterocycles. The molecule has 0 aliphatic carbocycles. The van der Waals surface area contributed by atoms with Crippen molar-refractivity contribution in [3.63, 3.8) is 0 Å². The average molecular weight is 458 g/mol. The van der Waals surface area contributed by atoms with Gasteiger partial charge in [0.25, 0.3) is 0 Å². The Balaban J connectivity index is 3.34. The molecule has 0 aromatic heterocycles. The lowest BCUT2D eigenvalue weighted by molar-refractivity contribution is -0.132. The van der Waals surface area contributed by atoms with E-state index in [0.717, 1.165) is 18.4 Å². The zero-order chi connectivity index (χ0) is 25.0. The predicted octanol–water partition coefficient (Wildman–Crippen LogP) is 7.02. The summed E-state index contributed by atoms with van der Waals surface area (Å²) in [5.74, 6) is -0.848. The molecular weight excluding hydrogens is 414 g/mol. The fraction of sp³-hybridized carbons (Fsp3) is 0.607. The van der Waals surface area contributed by atoms with Gasteiger partial charge in [-0.25, -0.2) is 4.79 Å². The van der Waals surface area contributed by atoms with E-state index in [1.165, 1.54) is 0 Å². The number of hydrogen-bond acceptors (Lipinski definition) is 4. The summed E-state index contributed by atoms with van der Waals surface area (Å²) in [4.78, 5) is 29.6. The van der Waals surface area contributed by atoms with Crippen molar-refractivity contribution >= 4 is 17.5 Å². The number of carboxylic acids is 1. The summed E-state index contributed by atoms with van der Waals surface area (Å²) < 4.78 is 0. The molecule has 0 heterocycles. The van der Waals surface area contributed by atoms with E-state index in [9.17, 15) is 19.8 Å². The lowest BCUT2D eigenvalue weighted by Crippen LogP contribution is -2.22. The molecule has 33 heavy (non-hydrogen) atoms. The van der Waals surface area contributed by atoms with Gasteiger partial charge in [0.05, 0.1) is 12.3 Å². The smallest absolute Gasteiger partial charge is 0.340 e. The third kappa shape index (κ3) is 11.3. The Morgan fingerprint density at radius 1 is 0.818 bits per heavy atom. The number of benzene rings is 1. The first-order valence-electron chi connectivity index (χ1n) is 12.3. The zero-order valence-electron chi connectivity index (χ0n) is 21.3. The second-order valence-electron chi connectivity index (χ2n) is 10.3. The molecule has 5 nitrogen and oxygen atoms in total. The number of aliphatic imine (C=N–C) groups is 1. The Hall–Kier alpha value is -2.43. The maximum absolute atomic E-state index is 12.6. The van der Waals surface area contributed by atoms with E-state index >= 15 is 0 Å². The molecule has 0 bridgehead atoms. The topological polar surface area (TPSA) is 87.0 Å². The van der Waals surface area contributed by atoms with E-state index in [1.807, 2.05) is 44.2 Å². The Kier molecular flexibility index (Phi) is 12.7. The Labute approximate surface area is 200 Å². The third-order valence-electron chi connectivity index (χ3n) is 5.61. The van der Waals surface area contributed by atoms with Crippen LogP contribution in [0.15, 0.2) is 46.7 Å². The van der Waals surface area contributed by atoms with E-state index in [-0.39, 0.29) is 29.5 Å². The average Bonchev–Trinajstić information content (AvgIpc) is 2.73. The van der Waals surface area contributed by atoms with E-state index in [1.54, 1.807) is 0 Å². The minimum atomic E-state index is -1.19. The Morgan fingerprint density at radius 3 is 1.94 bits per heavy atom. The molecule has 0 radical (unpaired) electrons. The lowest BCUT2D eigenvalue weighted by atomic mass is 9.86. The molecule has 0 spiro atoms. The standard InChI is InChI=1S/C28H43NO4/c1-19(2)12-14-23(17-24(30)15-13-20(3)4)27(31)26(28(32)33)25(16-21(5)6)29-18-22-10-8-7-9-11-22/h7-11,19-21,23,31H,12-18H2,1-6H3,(H,32,33)/t23-/m1/s1. The molecule has 5 heteroatoms. The molecule has 0 fully saturated rings. The summed E-state index contributed by atoms with van der Waals surface area (Å²) in [7, 11) is 0. The van der Waals surface area contributed by atoms with Gasteiger partial charge in [-0.2, -0.15) is 0 Å². The molecule has 0 unspecified atom stereocenters. The number of carbonyl (C=O) groups excluding carboxylic acids is 1. The van der Waals surface area contributed by atoms with E-state index in [0.29, 0.717) is 43.4 Å². The van der Waals surface area contributed by atoms with Crippen LogP contribution >= 0.6 is 0 Å². The van der Waals surface area contributed by atoms with Crippen LogP contribution < -0.4 is 0 Å². The van der Waals surface area contributed by atoms with Gasteiger partial charge < -0.3 is 10.2 Å². The number of Topliss-reactive ketones (excluding diaryl/α,β-unsaturated/α-hetero) is 1. The van der Waals surface area contributed by atoms with Gasteiger partial charge >= 0.3 is 5.97 Å². The minimum absolute atomic E-state index is 0.0698. The number of hydrogen-bond donors (Lipinski definition) is 2. The van der Waals surface area contributed by atoms with Crippen LogP contribution in [-0.2, 0) is 16.1 Å². The highest BCUT2D eigenvalue weighted by molar-refractivity contribution is 6.19. The van der Waals surface area contributed by atoms with Crippen LogP contribution in [0.5, 0.6) is 0 Å². The largest absolute Gasteiger partial charge is 0.511 e. The van der Waals surface area contributed by atoms with Crippen LogP contribution in [0.1, 0.15) is 85.6 Å². The van der Waals surface area contributed by atoms with Crippen LogP contribution in [0.3, 0.4) is 0 Å². The number of ketones is 1. The maximum atomic E-state index is 12.6. The highest BCUT2D eigenvalue weighted by Crippen LogP contribution is 2.28. The number of rotatable bonds is 15. The molecule has 0 saturated carbocycles. The first-order chi connectivity index (χ1) is 15.5. The minimum Gasteiger partial charge on any atom is -0.511 e. The molecule has 1 rings (SSSR count). The van der Waals surface area contributed by atoms with Gasteiger partial charge in [0.15, 0.2) is 0 Å². The summed E-state index contributed by atoms with van der Waals surface area (Å²) in [5, 5.41) is 21.3. The molecule has 184 valence electrons. The van der Waals surface area contributed by atoms with Crippen molar-refractivity contribution in [3.05, 3.63) is 47.2 Å². The van der Waals surface area contributed by atoms with Crippen molar-refractivity contribution < 1.29 is 19.8 Å². The number of carbonyl (C=O) groups is 2. The summed E-state index contributed by atoms with van der Waals surface area (Å²) in [6, 6.07) is 9.65. The number of aliphatic carboxylic acids is 1. The summed E-state index contributed by atoms with van der Waals surface area (Å²) in [5.41, 5.74) is 1.23. The molecule has 1 atom stereocenters. The van der Waals surface area contributed by atoms with Gasteiger partial charge in [0.2, 0.25) is 0 Å². The number of allylic oxidation sites excluding steroid dienone is 1. The third-order valence-corrected chi connectivity index (χ3v) is 5.61. The Morgan fingerprint density at radius 2 is 1.42 bits per heavy atom. The number of aliphatic hydroxyl groups is 1. The summed E-state index contributed by atoms with van der Waals surface area (Å²) >= 11 is 0. The van der Waals surface area contributed by atoms with Crippen molar-refractivity contribution in [2.24, 2.45) is 28.7 Å². The van der Waals surface area contributed by atoms with Crippen LogP contribution in [-0.4, -0.2) is 27.7 Å². The van der Waals surface area contributed by atoms with E-state index in [4.69, 9.17) is 0 Å². The summed E-state index contributed by atoms with van der Waals surface area (Å²) in [6.07, 6.45) is 3.23. The van der Waals surface area contributed by atoms with Gasteiger partial charge in [-0.15, -0.1) is 0 Å². The molecule has 0 saturated heterocycles. The zero-order valence-corrected chi connectivity index (χ0v) is 21.3. The maximum Gasteiger partial charge on any atom is 0.340 e. The number of carboxylic acid groups (broad SMARTS) is 1. The van der Waals surface area contributed by atoms with Crippen molar-refractivity contribution in [1.29, 1.82) is 0 Å². The normalized spacial score (nSPS) is 14.0. The highest BCUT2D eigenvalue weighted by atomic mass is 16.4. The van der Waals surface area contributed by atoms with Crippen LogP contribution in [0.25, 0.3) is 0 Å². The van der Waals surface area contributed by atoms with Gasteiger partial charge in [-0.3, -0.25) is 9.79 Å². The monoisotopic (exact) mass is 457 g/mol. The molecule has 1 aromatic carbocycles. The molecule has 0 amide bonds. The number of nitrogens with zero attached hydrogens (tertiary/aromatic N) is 1. The van der Waals surface area contributed by atoms with Crippen molar-refractivity contribution in [2.45, 2.75) is 86.6 Å². The quantitative estimate of drug-likeness (QED) is 0.168. The number of aliphatic hydroxyl groups excluding tert-OH is 1. The second-order valence-corrected chi connectivity index (χ2v) is 10.3. The second kappa shape index (κ2) is 14.7. The molecule has 2 N–H and O–H groups in total. The van der Waals surface area contributed by atoms with Gasteiger partial charge in [-0.05, 0) is 42.6 Å². The molecular formula is C28H43NO4. The van der Waals surface area contributed by atoms with Crippen LogP contribution in [0.2, 0.25) is 0 Å². The summed E-state index contributed by atoms with van der Waals surface area (Å²) in [6.45, 7) is 12.7. The predicted molar refractivity (Wildman–Crippen MR) is 136 cm³/mol. The highest BCUT2D eigenvalue weighted by Gasteiger charge is 2.28. The van der Waals surface area contributed by atoms with Crippen LogP contribution in [0.4, 0.5) is 0 Å². The fourth-order valence-corrected chi connectivity index (χ4v) is 3.68. The van der Waals surface area contributed by atoms with Crippen LogP contribution in [0, 0.1) is 23.7 Å². The van der Waals surface area contributed by atoms with Gasteiger partial charge in [-0.1, -0.05) is 78.3 Å². The molecule has 0 aliphatic rings. The Bertz CT molecular complexity index is 806. The van der Waals surface area contributed by atoms with Gasteiger partial charge in [0, 0.05) is 18.8 Å². The lowest BCUT2D eigenvalue weighted by Gasteiger charge is -2.21. The van der Waals surface area contributed by atoms with Crippen molar-refractivity contribution in [3.8, 4) is 0 Å². The van der Waals surface area contributed by atoms with Crippen molar-refractivity contribution in [2.75, 3.05) is 0 Å². The first-order valence-corrected chi connectivity index (χ1v) is 12.3. The molecule has 1 aromatic rings. The van der Waals surface area contributed by atoms with E-state index in [2.05, 4.69) is 32.7 Å². The fourth-order valence-electron chi connectivity index (χ4n) is 3.68. The van der Waals surface area contributed by atoms with Gasteiger partial charge in [0.1, 0.15) is 17.1 Å². The SMILES string of the molecule is CC(C)CCC(=O)C[C@@H](CCC(C)C)C(O)=C(C(=O)O)C(CC(C)C)=NCc1ccccc1.